The van der Waals surface area contributed by atoms with Crippen molar-refractivity contribution in [2.45, 2.75) is 6.54 Å². The van der Waals surface area contributed by atoms with Crippen molar-refractivity contribution in [3.63, 3.8) is 0 Å². The van der Waals surface area contributed by atoms with Gasteiger partial charge in [0.25, 0.3) is 5.78 Å². The lowest BCUT2D eigenvalue weighted by Gasteiger charge is -2.08. The normalized spacial score (nSPS) is 11.0. The van der Waals surface area contributed by atoms with E-state index in [2.05, 4.69) is 37.6 Å². The molecule has 5 aromatic rings. The molecular formula is C21H17N7. The van der Waals surface area contributed by atoms with Gasteiger partial charge in [-0.1, -0.05) is 60.7 Å². The summed E-state index contributed by atoms with van der Waals surface area (Å²) in [6.45, 7) is 0.715. The van der Waals surface area contributed by atoms with Gasteiger partial charge in [-0.3, -0.25) is 4.68 Å². The van der Waals surface area contributed by atoms with Crippen molar-refractivity contribution in [2.24, 2.45) is 0 Å². The lowest BCUT2D eigenvalue weighted by molar-refractivity contribution is 0.689. The highest BCUT2D eigenvalue weighted by atomic mass is 15.4. The molecule has 0 aliphatic carbocycles. The Hall–Kier alpha value is -4.00. The molecule has 0 fully saturated rings. The number of nitrogens with one attached hydrogen (secondary N) is 1. The minimum atomic E-state index is 0.535. The minimum Gasteiger partial charge on any atom is -0.323 e. The Morgan fingerprint density at radius 3 is 2.50 bits per heavy atom. The summed E-state index contributed by atoms with van der Waals surface area (Å²) >= 11 is 0. The van der Waals surface area contributed by atoms with Gasteiger partial charge in [-0.15, -0.1) is 0 Å². The van der Waals surface area contributed by atoms with Gasteiger partial charge in [0.15, 0.2) is 5.82 Å². The molecule has 3 heterocycles. The minimum absolute atomic E-state index is 0.535. The molecule has 28 heavy (non-hydrogen) atoms. The van der Waals surface area contributed by atoms with Gasteiger partial charge < -0.3 is 5.32 Å². The third-order valence-corrected chi connectivity index (χ3v) is 4.41. The molecule has 0 atom stereocenters. The molecule has 3 aromatic heterocycles. The van der Waals surface area contributed by atoms with Crippen molar-refractivity contribution >= 4 is 17.4 Å². The Morgan fingerprint density at radius 2 is 1.68 bits per heavy atom. The van der Waals surface area contributed by atoms with Crippen molar-refractivity contribution in [1.29, 1.82) is 0 Å². The van der Waals surface area contributed by atoms with Gasteiger partial charge in [-0.25, -0.2) is 4.98 Å². The highest BCUT2D eigenvalue weighted by Crippen LogP contribution is 2.23. The zero-order valence-electron chi connectivity index (χ0n) is 15.0. The Balaban J connectivity index is 1.46. The number of rotatable bonds is 5. The molecule has 0 amide bonds. The highest BCUT2D eigenvalue weighted by Gasteiger charge is 2.10. The number of fused-ring (bicyclic) bond motifs is 1. The number of hydrogen-bond donors (Lipinski definition) is 1. The van der Waals surface area contributed by atoms with E-state index in [1.807, 2.05) is 71.5 Å². The topological polar surface area (TPSA) is 72.9 Å². The standard InChI is InChI=1S/C21H17N7/c1-3-7-16(8-4-1)14-27-12-11-19(26-27)25-20-13-18(17-9-5-2-6-10-17)24-21-22-15-23-28(20)21/h1-13,15H,14H2,(H,25,26). The number of aromatic nitrogens is 6. The van der Waals surface area contributed by atoms with Crippen LogP contribution in [0.5, 0.6) is 0 Å². The fraction of sp³-hybridized carbons (Fsp3) is 0.0476. The molecule has 0 spiro atoms. The molecule has 136 valence electrons. The average molecular weight is 367 g/mol. The van der Waals surface area contributed by atoms with Crippen LogP contribution in [0.3, 0.4) is 0 Å². The van der Waals surface area contributed by atoms with Crippen molar-refractivity contribution < 1.29 is 0 Å². The molecule has 0 bridgehead atoms. The molecule has 1 N–H and O–H groups in total. The molecule has 0 radical (unpaired) electrons. The zero-order chi connectivity index (χ0) is 18.8. The summed E-state index contributed by atoms with van der Waals surface area (Å²) in [7, 11) is 0. The summed E-state index contributed by atoms with van der Waals surface area (Å²) in [5.41, 5.74) is 3.05. The Labute approximate surface area is 161 Å². The first-order valence-corrected chi connectivity index (χ1v) is 8.96. The van der Waals surface area contributed by atoms with Crippen molar-refractivity contribution in [3.8, 4) is 11.3 Å². The lowest BCUT2D eigenvalue weighted by Crippen LogP contribution is -2.04. The fourth-order valence-electron chi connectivity index (χ4n) is 3.08. The van der Waals surface area contributed by atoms with Crippen LogP contribution in [0.25, 0.3) is 17.0 Å². The van der Waals surface area contributed by atoms with Gasteiger partial charge >= 0.3 is 0 Å². The second-order valence-corrected chi connectivity index (χ2v) is 6.37. The van der Waals surface area contributed by atoms with E-state index in [1.165, 1.54) is 11.9 Å². The van der Waals surface area contributed by atoms with Crippen LogP contribution in [-0.2, 0) is 6.54 Å². The van der Waals surface area contributed by atoms with Crippen LogP contribution >= 0.6 is 0 Å². The maximum atomic E-state index is 4.62. The molecule has 0 aliphatic rings. The van der Waals surface area contributed by atoms with E-state index in [9.17, 15) is 0 Å². The van der Waals surface area contributed by atoms with E-state index in [4.69, 9.17) is 0 Å². The van der Waals surface area contributed by atoms with Gasteiger partial charge in [0, 0.05) is 23.9 Å². The summed E-state index contributed by atoms with van der Waals surface area (Å²) in [5, 5.41) is 12.2. The predicted molar refractivity (Wildman–Crippen MR) is 107 cm³/mol. The van der Waals surface area contributed by atoms with E-state index in [0.29, 0.717) is 12.3 Å². The lowest BCUT2D eigenvalue weighted by atomic mass is 10.1. The average Bonchev–Trinajstić information content (AvgIpc) is 3.39. The maximum absolute atomic E-state index is 4.62. The molecule has 0 saturated carbocycles. The Kier molecular flexibility index (Phi) is 4.02. The molecule has 0 aliphatic heterocycles. The van der Waals surface area contributed by atoms with Crippen LogP contribution in [0.2, 0.25) is 0 Å². The first kappa shape index (κ1) is 16.2. The largest absolute Gasteiger partial charge is 0.323 e. The monoisotopic (exact) mass is 367 g/mol. The van der Waals surface area contributed by atoms with E-state index < -0.39 is 0 Å². The molecule has 2 aromatic carbocycles. The summed E-state index contributed by atoms with van der Waals surface area (Å²) in [5.74, 6) is 2.02. The quantitative estimate of drug-likeness (QED) is 0.512. The van der Waals surface area contributed by atoms with Crippen molar-refractivity contribution in [2.75, 3.05) is 5.32 Å². The molecule has 7 nitrogen and oxygen atoms in total. The second-order valence-electron chi connectivity index (χ2n) is 6.37. The fourth-order valence-corrected chi connectivity index (χ4v) is 3.08. The van der Waals surface area contributed by atoms with Gasteiger partial charge in [0.2, 0.25) is 0 Å². The highest BCUT2D eigenvalue weighted by molar-refractivity contribution is 5.67. The number of hydrogen-bond acceptors (Lipinski definition) is 5. The molecule has 0 saturated heterocycles. The van der Waals surface area contributed by atoms with Gasteiger partial charge in [-0.2, -0.15) is 19.7 Å². The molecular weight excluding hydrogens is 350 g/mol. The number of benzene rings is 2. The summed E-state index contributed by atoms with van der Waals surface area (Å²) < 4.78 is 3.57. The van der Waals surface area contributed by atoms with E-state index in [-0.39, 0.29) is 0 Å². The van der Waals surface area contributed by atoms with Gasteiger partial charge in [0.05, 0.1) is 12.2 Å². The van der Waals surface area contributed by atoms with Crippen LogP contribution < -0.4 is 5.32 Å². The van der Waals surface area contributed by atoms with Gasteiger partial charge in [-0.05, 0) is 5.56 Å². The summed E-state index contributed by atoms with van der Waals surface area (Å²) in [4.78, 5) is 8.84. The zero-order valence-corrected chi connectivity index (χ0v) is 15.0. The van der Waals surface area contributed by atoms with Crippen LogP contribution in [0, 0.1) is 0 Å². The maximum Gasteiger partial charge on any atom is 0.254 e. The van der Waals surface area contributed by atoms with Crippen molar-refractivity contribution in [3.05, 3.63) is 90.9 Å². The van der Waals surface area contributed by atoms with Crippen LogP contribution in [-0.4, -0.2) is 29.4 Å². The Morgan fingerprint density at radius 1 is 0.893 bits per heavy atom. The first-order chi connectivity index (χ1) is 13.8. The van der Waals surface area contributed by atoms with Crippen LogP contribution in [0.15, 0.2) is 85.3 Å². The van der Waals surface area contributed by atoms with Gasteiger partial charge in [0.1, 0.15) is 12.1 Å². The third-order valence-electron chi connectivity index (χ3n) is 4.41. The smallest absolute Gasteiger partial charge is 0.254 e. The van der Waals surface area contributed by atoms with E-state index in [0.717, 1.165) is 22.9 Å². The summed E-state index contributed by atoms with van der Waals surface area (Å²) in [6, 6.07) is 24.1. The number of nitrogens with zero attached hydrogens (tertiary/aromatic N) is 6. The van der Waals surface area contributed by atoms with Crippen molar-refractivity contribution in [1.82, 2.24) is 29.4 Å². The van der Waals surface area contributed by atoms with Crippen LogP contribution in [0.4, 0.5) is 11.6 Å². The summed E-state index contributed by atoms with van der Waals surface area (Å²) in [6.07, 6.45) is 3.45. The molecule has 5 rings (SSSR count). The molecule has 0 unspecified atom stereocenters. The Bertz CT molecular complexity index is 1210. The van der Waals surface area contributed by atoms with E-state index in [1.54, 1.807) is 4.52 Å². The second kappa shape index (κ2) is 6.96. The van der Waals surface area contributed by atoms with E-state index >= 15 is 0 Å². The SMILES string of the molecule is c1ccc(Cn2ccc(Nc3cc(-c4ccccc4)nc4ncnn34)n2)cc1. The first-order valence-electron chi connectivity index (χ1n) is 8.96. The van der Waals surface area contributed by atoms with Crippen LogP contribution in [0.1, 0.15) is 5.56 Å². The third kappa shape index (κ3) is 3.21. The predicted octanol–water partition coefficient (Wildman–Crippen LogP) is 3.78. The number of anilines is 2. The molecule has 7 heteroatoms.